The molecule has 2 N–H and O–H groups in total. The monoisotopic (exact) mass is 262 g/mol. The normalized spacial score (nSPS) is 10.2. The van der Waals surface area contributed by atoms with Crippen LogP contribution in [0.25, 0.3) is 11.1 Å². The van der Waals surface area contributed by atoms with Gasteiger partial charge in [0.2, 0.25) is 0 Å². The van der Waals surface area contributed by atoms with E-state index in [9.17, 15) is 14.3 Å². The van der Waals surface area contributed by atoms with Crippen LogP contribution in [0.15, 0.2) is 36.4 Å². The lowest BCUT2D eigenvalue weighted by atomic mass is 10.0. The molecule has 0 fully saturated rings. The van der Waals surface area contributed by atoms with Crippen molar-refractivity contribution in [3.05, 3.63) is 47.8 Å². The zero-order chi connectivity index (χ0) is 14.0. The molecule has 4 nitrogen and oxygen atoms in total. The minimum Gasteiger partial charge on any atom is -0.507 e. The number of carbonyl (C=O) groups is 1. The van der Waals surface area contributed by atoms with E-state index >= 15 is 0 Å². The Bertz CT molecular complexity index is 637. The number of carboxylic acids is 1. The van der Waals surface area contributed by atoms with Gasteiger partial charge >= 0.3 is 5.97 Å². The lowest BCUT2D eigenvalue weighted by molar-refractivity contribution is 0.0694. The Morgan fingerprint density at radius 2 is 1.79 bits per heavy atom. The number of rotatable bonds is 3. The molecule has 0 bridgehead atoms. The predicted octanol–water partition coefficient (Wildman–Crippen LogP) is 2.91. The van der Waals surface area contributed by atoms with Crippen LogP contribution in [-0.2, 0) is 0 Å². The number of aromatic hydroxyl groups is 1. The van der Waals surface area contributed by atoms with Crippen LogP contribution in [-0.4, -0.2) is 23.3 Å². The molecule has 0 aliphatic carbocycles. The quantitative estimate of drug-likeness (QED) is 0.892. The van der Waals surface area contributed by atoms with Gasteiger partial charge in [0, 0.05) is 0 Å². The molecule has 0 aliphatic heterocycles. The average molecular weight is 262 g/mol. The minimum absolute atomic E-state index is 0.120. The summed E-state index contributed by atoms with van der Waals surface area (Å²) in [5.74, 6) is -1.98. The third-order valence-corrected chi connectivity index (χ3v) is 2.71. The zero-order valence-electron chi connectivity index (χ0n) is 10.1. The smallest absolute Gasteiger partial charge is 0.339 e. The van der Waals surface area contributed by atoms with Gasteiger partial charge in [-0.05, 0) is 35.4 Å². The van der Waals surface area contributed by atoms with E-state index in [1.165, 1.54) is 37.4 Å². The summed E-state index contributed by atoms with van der Waals surface area (Å²) in [7, 11) is 1.37. The number of aromatic carboxylic acids is 1. The van der Waals surface area contributed by atoms with Gasteiger partial charge < -0.3 is 14.9 Å². The van der Waals surface area contributed by atoms with Gasteiger partial charge in [-0.1, -0.05) is 12.1 Å². The van der Waals surface area contributed by atoms with Crippen LogP contribution in [0.3, 0.4) is 0 Å². The van der Waals surface area contributed by atoms with Gasteiger partial charge in [0.25, 0.3) is 0 Å². The number of ether oxygens (including phenoxy) is 1. The maximum absolute atomic E-state index is 13.6. The van der Waals surface area contributed by atoms with Crippen LogP contribution >= 0.6 is 0 Å². The zero-order valence-corrected chi connectivity index (χ0v) is 10.1. The van der Waals surface area contributed by atoms with Crippen molar-refractivity contribution in [1.29, 1.82) is 0 Å². The molecule has 0 spiro atoms. The highest BCUT2D eigenvalue weighted by atomic mass is 19.1. The standard InChI is InChI=1S/C14H11FO4/c1-19-13-5-3-8(6-11(13)15)9-2-4-10(14(17)18)12(16)7-9/h2-7,16H,1H3,(H,17,18). The summed E-state index contributed by atoms with van der Waals surface area (Å²) in [6, 6.07) is 8.41. The maximum atomic E-state index is 13.6. The van der Waals surface area contributed by atoms with E-state index in [1.807, 2.05) is 0 Å². The van der Waals surface area contributed by atoms with E-state index < -0.39 is 11.8 Å². The summed E-state index contributed by atoms with van der Waals surface area (Å²) in [6.07, 6.45) is 0. The summed E-state index contributed by atoms with van der Waals surface area (Å²) >= 11 is 0. The topological polar surface area (TPSA) is 66.8 Å². The van der Waals surface area contributed by atoms with Gasteiger partial charge in [0.05, 0.1) is 7.11 Å². The van der Waals surface area contributed by atoms with Crippen molar-refractivity contribution >= 4 is 5.97 Å². The molecule has 2 rings (SSSR count). The fourth-order valence-corrected chi connectivity index (χ4v) is 1.74. The van der Waals surface area contributed by atoms with E-state index in [1.54, 1.807) is 6.07 Å². The summed E-state index contributed by atoms with van der Waals surface area (Å²) in [6.45, 7) is 0. The van der Waals surface area contributed by atoms with Crippen LogP contribution in [0.4, 0.5) is 4.39 Å². The van der Waals surface area contributed by atoms with Gasteiger partial charge in [0.15, 0.2) is 11.6 Å². The summed E-state index contributed by atoms with van der Waals surface area (Å²) in [5, 5.41) is 18.4. The molecule has 0 saturated carbocycles. The molecule has 0 heterocycles. The first-order valence-electron chi connectivity index (χ1n) is 5.43. The highest BCUT2D eigenvalue weighted by molar-refractivity contribution is 5.91. The fraction of sp³-hybridized carbons (Fsp3) is 0.0714. The van der Waals surface area contributed by atoms with E-state index in [2.05, 4.69) is 0 Å². The molecule has 19 heavy (non-hydrogen) atoms. The van der Waals surface area contributed by atoms with E-state index in [4.69, 9.17) is 9.84 Å². The molecule has 0 radical (unpaired) electrons. The van der Waals surface area contributed by atoms with Crippen LogP contribution in [0.1, 0.15) is 10.4 Å². The average Bonchev–Trinajstić information content (AvgIpc) is 2.38. The molecular weight excluding hydrogens is 251 g/mol. The second-order valence-electron chi connectivity index (χ2n) is 3.89. The Labute approximate surface area is 108 Å². The second kappa shape index (κ2) is 4.97. The van der Waals surface area contributed by atoms with Crippen molar-refractivity contribution in [1.82, 2.24) is 0 Å². The molecular formula is C14H11FO4. The van der Waals surface area contributed by atoms with Crippen LogP contribution < -0.4 is 4.74 Å². The number of carboxylic acid groups (broad SMARTS) is 1. The molecule has 98 valence electrons. The van der Waals surface area contributed by atoms with Gasteiger partial charge in [-0.15, -0.1) is 0 Å². The number of methoxy groups -OCH3 is 1. The van der Waals surface area contributed by atoms with Crippen molar-refractivity contribution < 1.29 is 24.1 Å². The summed E-state index contributed by atoms with van der Waals surface area (Å²) in [5.41, 5.74) is 0.840. The van der Waals surface area contributed by atoms with E-state index in [-0.39, 0.29) is 17.1 Å². The van der Waals surface area contributed by atoms with Crippen molar-refractivity contribution in [2.75, 3.05) is 7.11 Å². The first-order valence-corrected chi connectivity index (χ1v) is 5.43. The largest absolute Gasteiger partial charge is 0.507 e. The first kappa shape index (κ1) is 12.9. The third kappa shape index (κ3) is 2.49. The molecule has 0 amide bonds. The predicted molar refractivity (Wildman–Crippen MR) is 67.0 cm³/mol. The molecule has 0 atom stereocenters. The van der Waals surface area contributed by atoms with Crippen molar-refractivity contribution in [3.8, 4) is 22.6 Å². The number of phenols is 1. The van der Waals surface area contributed by atoms with Gasteiger partial charge in [-0.2, -0.15) is 0 Å². The molecule has 5 heteroatoms. The number of halogens is 1. The van der Waals surface area contributed by atoms with E-state index in [0.717, 1.165) is 0 Å². The lowest BCUT2D eigenvalue weighted by Crippen LogP contribution is -1.96. The highest BCUT2D eigenvalue weighted by Gasteiger charge is 2.11. The van der Waals surface area contributed by atoms with Crippen molar-refractivity contribution in [2.24, 2.45) is 0 Å². The third-order valence-electron chi connectivity index (χ3n) is 2.71. The Morgan fingerprint density at radius 3 is 2.32 bits per heavy atom. The number of hydrogen-bond acceptors (Lipinski definition) is 3. The number of benzene rings is 2. The second-order valence-corrected chi connectivity index (χ2v) is 3.89. The Hall–Kier alpha value is -2.56. The molecule has 2 aromatic carbocycles. The van der Waals surface area contributed by atoms with E-state index in [0.29, 0.717) is 11.1 Å². The van der Waals surface area contributed by atoms with Gasteiger partial charge in [-0.25, -0.2) is 9.18 Å². The molecule has 0 aromatic heterocycles. The van der Waals surface area contributed by atoms with Crippen molar-refractivity contribution in [2.45, 2.75) is 0 Å². The SMILES string of the molecule is COc1ccc(-c2ccc(C(=O)O)c(O)c2)cc1F. The van der Waals surface area contributed by atoms with Crippen LogP contribution in [0.2, 0.25) is 0 Å². The van der Waals surface area contributed by atoms with Gasteiger partial charge in [-0.3, -0.25) is 0 Å². The number of hydrogen-bond donors (Lipinski definition) is 2. The Morgan fingerprint density at radius 1 is 1.16 bits per heavy atom. The molecule has 2 aromatic rings. The Kier molecular flexibility index (Phi) is 3.37. The summed E-state index contributed by atoms with van der Waals surface area (Å²) in [4.78, 5) is 10.8. The fourth-order valence-electron chi connectivity index (χ4n) is 1.74. The lowest BCUT2D eigenvalue weighted by Gasteiger charge is -2.07. The first-order chi connectivity index (χ1) is 9.02. The molecule has 0 unspecified atom stereocenters. The minimum atomic E-state index is -1.22. The Balaban J connectivity index is 2.45. The molecule has 0 aliphatic rings. The maximum Gasteiger partial charge on any atom is 0.339 e. The summed E-state index contributed by atoms with van der Waals surface area (Å²) < 4.78 is 18.4. The van der Waals surface area contributed by atoms with Crippen LogP contribution in [0.5, 0.6) is 11.5 Å². The van der Waals surface area contributed by atoms with Crippen LogP contribution in [0, 0.1) is 5.82 Å². The highest BCUT2D eigenvalue weighted by Crippen LogP contribution is 2.29. The van der Waals surface area contributed by atoms with Crippen molar-refractivity contribution in [3.63, 3.8) is 0 Å². The van der Waals surface area contributed by atoms with Gasteiger partial charge in [0.1, 0.15) is 11.3 Å². The molecule has 0 saturated heterocycles.